The Morgan fingerprint density at radius 3 is 2.38 bits per heavy atom. The van der Waals surface area contributed by atoms with Crippen molar-refractivity contribution in [2.24, 2.45) is 4.99 Å². The van der Waals surface area contributed by atoms with E-state index in [2.05, 4.69) is 25.1 Å². The maximum atomic E-state index is 13.9. The van der Waals surface area contributed by atoms with E-state index in [-0.39, 0.29) is 28.5 Å². The molecule has 0 aliphatic carbocycles. The van der Waals surface area contributed by atoms with Crippen molar-refractivity contribution < 1.29 is 31.9 Å². The zero-order valence-electron chi connectivity index (χ0n) is 24.6. The van der Waals surface area contributed by atoms with Gasteiger partial charge in [0.25, 0.3) is 0 Å². The number of thioether (sulfide) groups is 1. The van der Waals surface area contributed by atoms with Crippen LogP contribution >= 0.6 is 11.8 Å². The summed E-state index contributed by atoms with van der Waals surface area (Å²) in [4.78, 5) is 35.7. The van der Waals surface area contributed by atoms with E-state index < -0.39 is 23.7 Å². The average molecular weight is 641 g/mol. The second kappa shape index (κ2) is 12.3. The molecule has 1 aromatic heterocycles. The van der Waals surface area contributed by atoms with Crippen LogP contribution in [-0.4, -0.2) is 44.0 Å². The summed E-state index contributed by atoms with van der Waals surface area (Å²) in [5.74, 6) is -0.586. The Balaban J connectivity index is 1.28. The molecule has 1 aliphatic heterocycles. The largest absolute Gasteiger partial charge is 0.573 e. The van der Waals surface area contributed by atoms with Gasteiger partial charge in [-0.15, -0.1) is 18.3 Å². The Kier molecular flexibility index (Phi) is 8.70. The Bertz CT molecular complexity index is 1750. The number of halogens is 4. The standard InChI is InChI=1S/C31H28F4N6O3S/c1-18(2)24-15-21(32)9-14-25(24)41-26(42)16-45-29(41)37-28(43)38-30(3,4)20-7-5-19(6-8-20)27-36-17-40(39-27)22-10-12-23(13-11-22)44-31(33,34)35/h5-15,17-18H,16H2,1-4H3,(H,38,43)/b37-29-. The van der Waals surface area contributed by atoms with Crippen molar-refractivity contribution in [2.45, 2.75) is 45.5 Å². The molecule has 0 atom stereocenters. The number of alkyl halides is 3. The summed E-state index contributed by atoms with van der Waals surface area (Å²) in [6, 6.07) is 15.9. The molecular weight excluding hydrogens is 612 g/mol. The van der Waals surface area contributed by atoms with Crippen LogP contribution in [0.25, 0.3) is 17.1 Å². The van der Waals surface area contributed by atoms with E-state index in [9.17, 15) is 27.2 Å². The molecule has 0 unspecified atom stereocenters. The number of ether oxygens (including phenoxy) is 1. The van der Waals surface area contributed by atoms with Gasteiger partial charge in [0.1, 0.15) is 17.9 Å². The van der Waals surface area contributed by atoms with E-state index in [1.165, 1.54) is 58.4 Å². The van der Waals surface area contributed by atoms with Gasteiger partial charge in [-0.1, -0.05) is 49.9 Å². The van der Waals surface area contributed by atoms with Crippen LogP contribution in [0.4, 0.5) is 28.0 Å². The van der Waals surface area contributed by atoms with Crippen molar-refractivity contribution in [1.29, 1.82) is 0 Å². The molecule has 0 radical (unpaired) electrons. The summed E-state index contributed by atoms with van der Waals surface area (Å²) < 4.78 is 56.6. The zero-order valence-corrected chi connectivity index (χ0v) is 25.4. The molecule has 5 rings (SSSR count). The molecule has 1 aliphatic rings. The minimum absolute atomic E-state index is 0.0664. The molecule has 45 heavy (non-hydrogen) atoms. The second-order valence-electron chi connectivity index (χ2n) is 11.0. The van der Waals surface area contributed by atoms with Gasteiger partial charge in [-0.25, -0.2) is 18.9 Å². The molecule has 1 fully saturated rings. The normalized spacial score (nSPS) is 14.8. The Labute approximate surface area is 260 Å². The lowest BCUT2D eigenvalue weighted by molar-refractivity contribution is -0.274. The van der Waals surface area contributed by atoms with Crippen LogP contribution in [0.3, 0.4) is 0 Å². The second-order valence-corrected chi connectivity index (χ2v) is 11.9. The number of nitrogens with one attached hydrogen (secondary N) is 1. The van der Waals surface area contributed by atoms with Gasteiger partial charge in [-0.05, 0) is 73.4 Å². The van der Waals surface area contributed by atoms with E-state index in [1.54, 1.807) is 38.1 Å². The summed E-state index contributed by atoms with van der Waals surface area (Å²) in [6.07, 6.45) is -3.34. The van der Waals surface area contributed by atoms with Gasteiger partial charge in [-0.3, -0.25) is 9.69 Å². The number of rotatable bonds is 7. The number of amides is 3. The van der Waals surface area contributed by atoms with Crippen LogP contribution in [0.5, 0.6) is 5.75 Å². The monoisotopic (exact) mass is 640 g/mol. The molecule has 0 spiro atoms. The fourth-order valence-electron chi connectivity index (χ4n) is 4.68. The van der Waals surface area contributed by atoms with Crippen molar-refractivity contribution in [3.05, 3.63) is 90.0 Å². The zero-order chi connectivity index (χ0) is 32.5. The summed E-state index contributed by atoms with van der Waals surface area (Å²) in [5, 5.41) is 7.50. The Morgan fingerprint density at radius 1 is 1.04 bits per heavy atom. The number of urea groups is 1. The van der Waals surface area contributed by atoms with Crippen LogP contribution in [0.15, 0.2) is 78.0 Å². The topological polar surface area (TPSA) is 102 Å². The first-order chi connectivity index (χ1) is 21.2. The SMILES string of the molecule is CC(C)c1cc(F)ccc1N1C(=O)CS/C1=N\C(=O)NC(C)(C)c1ccc(-c2ncn(-c3ccc(OC(F)(F)F)cc3)n2)cc1. The molecule has 0 bridgehead atoms. The highest BCUT2D eigenvalue weighted by molar-refractivity contribution is 8.15. The molecule has 9 nitrogen and oxygen atoms in total. The highest BCUT2D eigenvalue weighted by atomic mass is 32.2. The number of carbonyl (C=O) groups excluding carboxylic acids is 2. The third-order valence-electron chi connectivity index (χ3n) is 6.93. The Hall–Kier alpha value is -4.72. The number of amidine groups is 1. The maximum absolute atomic E-state index is 13.9. The highest BCUT2D eigenvalue weighted by Gasteiger charge is 2.34. The van der Waals surface area contributed by atoms with Gasteiger partial charge in [0.05, 0.1) is 22.7 Å². The number of carbonyl (C=O) groups is 2. The summed E-state index contributed by atoms with van der Waals surface area (Å²) in [7, 11) is 0. The molecule has 14 heteroatoms. The predicted octanol–water partition coefficient (Wildman–Crippen LogP) is 7.18. The van der Waals surface area contributed by atoms with Crippen molar-refractivity contribution >= 4 is 34.6 Å². The predicted molar refractivity (Wildman–Crippen MR) is 163 cm³/mol. The van der Waals surface area contributed by atoms with Crippen LogP contribution in [0.1, 0.15) is 44.7 Å². The van der Waals surface area contributed by atoms with E-state index >= 15 is 0 Å². The minimum atomic E-state index is -4.78. The molecule has 2 heterocycles. The fourth-order valence-corrected chi connectivity index (χ4v) is 5.54. The summed E-state index contributed by atoms with van der Waals surface area (Å²) >= 11 is 1.14. The number of nitrogens with zero attached hydrogens (tertiary/aromatic N) is 5. The molecule has 4 aromatic rings. The third kappa shape index (κ3) is 7.33. The van der Waals surface area contributed by atoms with Crippen LogP contribution in [-0.2, 0) is 10.3 Å². The van der Waals surface area contributed by atoms with E-state index in [0.717, 1.165) is 17.3 Å². The first kappa shape index (κ1) is 31.7. The van der Waals surface area contributed by atoms with E-state index in [4.69, 9.17) is 0 Å². The Morgan fingerprint density at radius 2 is 1.73 bits per heavy atom. The lowest BCUT2D eigenvalue weighted by Gasteiger charge is -2.26. The van der Waals surface area contributed by atoms with Crippen LogP contribution in [0, 0.1) is 5.82 Å². The first-order valence-corrected chi connectivity index (χ1v) is 14.7. The molecule has 3 aromatic carbocycles. The third-order valence-corrected chi connectivity index (χ3v) is 7.85. The number of aromatic nitrogens is 3. The lowest BCUT2D eigenvalue weighted by Crippen LogP contribution is -2.40. The van der Waals surface area contributed by atoms with Crippen LogP contribution in [0.2, 0.25) is 0 Å². The van der Waals surface area contributed by atoms with Crippen LogP contribution < -0.4 is 15.0 Å². The highest BCUT2D eigenvalue weighted by Crippen LogP contribution is 2.34. The number of aliphatic imine (C=N–C) groups is 1. The summed E-state index contributed by atoms with van der Waals surface area (Å²) in [5.41, 5.74) is 2.19. The van der Waals surface area contributed by atoms with E-state index in [1.807, 2.05) is 13.8 Å². The minimum Gasteiger partial charge on any atom is -0.406 e. The molecular formula is C31H28F4N6O3S. The van der Waals surface area contributed by atoms with Gasteiger partial charge >= 0.3 is 12.4 Å². The smallest absolute Gasteiger partial charge is 0.406 e. The first-order valence-electron chi connectivity index (χ1n) is 13.7. The molecule has 1 N–H and O–H groups in total. The molecule has 1 saturated heterocycles. The number of benzene rings is 3. The van der Waals surface area contributed by atoms with Gasteiger partial charge in [0.2, 0.25) is 5.91 Å². The quantitative estimate of drug-likeness (QED) is 0.215. The number of hydrogen-bond acceptors (Lipinski definition) is 6. The molecule has 3 amide bonds. The summed E-state index contributed by atoms with van der Waals surface area (Å²) in [6.45, 7) is 7.40. The number of anilines is 1. The average Bonchev–Trinajstić information content (AvgIpc) is 3.59. The molecule has 234 valence electrons. The van der Waals surface area contributed by atoms with Gasteiger partial charge in [0, 0.05) is 5.56 Å². The van der Waals surface area contributed by atoms with Crippen molar-refractivity contribution in [3.8, 4) is 22.8 Å². The van der Waals surface area contributed by atoms with Gasteiger partial charge < -0.3 is 10.1 Å². The lowest BCUT2D eigenvalue weighted by atomic mass is 9.93. The fraction of sp³-hybridized carbons (Fsp3) is 0.258. The number of hydrogen-bond donors (Lipinski definition) is 1. The van der Waals surface area contributed by atoms with Gasteiger partial charge in [0.15, 0.2) is 11.0 Å². The molecule has 0 saturated carbocycles. The maximum Gasteiger partial charge on any atom is 0.573 e. The van der Waals surface area contributed by atoms with E-state index in [0.29, 0.717) is 28.3 Å². The van der Waals surface area contributed by atoms with Gasteiger partial charge in [-0.2, -0.15) is 4.99 Å². The van der Waals surface area contributed by atoms with Crippen molar-refractivity contribution in [2.75, 3.05) is 10.7 Å². The van der Waals surface area contributed by atoms with Crippen molar-refractivity contribution in [1.82, 2.24) is 20.1 Å². The van der Waals surface area contributed by atoms with Crippen molar-refractivity contribution in [3.63, 3.8) is 0 Å².